The number of methoxy groups -OCH3 is 3. The van der Waals surface area contributed by atoms with Crippen molar-refractivity contribution in [3.05, 3.63) is 95.1 Å². The average Bonchev–Trinajstić information content (AvgIpc) is 2.33. The topological polar surface area (TPSA) is 120 Å². The monoisotopic (exact) mass is 1240 g/mol. The summed E-state index contributed by atoms with van der Waals surface area (Å²) in [4.78, 5) is 0. The van der Waals surface area contributed by atoms with E-state index in [-0.39, 0.29) is 30.8 Å². The minimum Gasteiger partial charge on any atom is -0.493 e. The van der Waals surface area contributed by atoms with E-state index in [1.807, 2.05) is 84.9 Å². The first-order valence-electron chi connectivity index (χ1n) is 34.4. The Hall–Kier alpha value is -4.92. The van der Waals surface area contributed by atoms with E-state index in [0.717, 1.165) is 96.9 Å². The molecular weight excluding hydrogens is 1120 g/mol. The van der Waals surface area contributed by atoms with Crippen LogP contribution in [0.4, 0.5) is 0 Å². The van der Waals surface area contributed by atoms with Gasteiger partial charge in [0.25, 0.3) is 0 Å². The summed E-state index contributed by atoms with van der Waals surface area (Å²) in [5, 5.41) is 0. The Morgan fingerprint density at radius 1 is 0.393 bits per heavy atom. The molecule has 0 amide bonds. The maximum Gasteiger partial charge on any atom is 0.197 e. The first-order valence-corrected chi connectivity index (χ1v) is 34.4. The molecule has 8 atom stereocenters. The molecule has 89 heavy (non-hydrogen) atoms. The lowest BCUT2D eigenvalue weighted by molar-refractivity contribution is -0.190. The molecule has 502 valence electrons. The number of hydrogen-bond donors (Lipinski definition) is 0. The van der Waals surface area contributed by atoms with Gasteiger partial charge >= 0.3 is 0 Å². The molecule has 5 fully saturated rings. The van der Waals surface area contributed by atoms with Crippen LogP contribution in [0.3, 0.4) is 0 Å². The lowest BCUT2D eigenvalue weighted by Crippen LogP contribution is -2.52. The lowest BCUT2D eigenvalue weighted by Gasteiger charge is -2.56. The van der Waals surface area contributed by atoms with Crippen molar-refractivity contribution >= 4 is 0 Å². The number of benzene rings is 4. The van der Waals surface area contributed by atoms with Gasteiger partial charge in [0.15, 0.2) is 77.9 Å². The molecule has 0 radical (unpaired) electrons. The van der Waals surface area contributed by atoms with Crippen molar-refractivity contribution in [3.63, 3.8) is 0 Å². The van der Waals surface area contributed by atoms with E-state index in [1.165, 1.54) is 92.9 Å². The van der Waals surface area contributed by atoms with Crippen molar-refractivity contribution in [2.45, 2.75) is 261 Å². The van der Waals surface area contributed by atoms with E-state index in [9.17, 15) is 0 Å². The van der Waals surface area contributed by atoms with Gasteiger partial charge in [-0.05, 0) is 237 Å². The summed E-state index contributed by atoms with van der Waals surface area (Å²) in [6.45, 7) is 34.1. The van der Waals surface area contributed by atoms with Crippen molar-refractivity contribution in [3.8, 4) is 46.0 Å². The van der Waals surface area contributed by atoms with Crippen molar-refractivity contribution < 1.29 is 61.6 Å². The molecule has 13 nitrogen and oxygen atoms in total. The van der Waals surface area contributed by atoms with Crippen LogP contribution in [0.25, 0.3) is 0 Å². The zero-order valence-corrected chi connectivity index (χ0v) is 58.5. The van der Waals surface area contributed by atoms with Crippen LogP contribution in [0, 0.1) is 23.7 Å². The van der Waals surface area contributed by atoms with Crippen molar-refractivity contribution in [2.75, 3.05) is 54.5 Å². The van der Waals surface area contributed by atoms with Crippen LogP contribution in [0.1, 0.15) is 253 Å². The second-order valence-corrected chi connectivity index (χ2v) is 25.5. The van der Waals surface area contributed by atoms with Crippen LogP contribution >= 0.6 is 0 Å². The maximum absolute atomic E-state index is 6.37. The number of rotatable bonds is 33. The van der Waals surface area contributed by atoms with Gasteiger partial charge in [0.05, 0.1) is 33.5 Å². The Labute approximate surface area is 539 Å². The highest BCUT2D eigenvalue weighted by Crippen LogP contribution is 2.57. The summed E-state index contributed by atoms with van der Waals surface area (Å²) < 4.78 is 74.3. The molecule has 0 N–H and O–H groups in total. The predicted octanol–water partition coefficient (Wildman–Crippen LogP) is 20.1. The summed E-state index contributed by atoms with van der Waals surface area (Å²) in [7, 11) is 5.06. The number of hydrogen-bond acceptors (Lipinski definition) is 13. The third-order valence-corrected chi connectivity index (χ3v) is 18.8. The largest absolute Gasteiger partial charge is 0.493 e. The van der Waals surface area contributed by atoms with Gasteiger partial charge < -0.3 is 61.6 Å². The van der Waals surface area contributed by atoms with Crippen molar-refractivity contribution in [1.29, 1.82) is 0 Å². The van der Waals surface area contributed by atoms with E-state index in [0.29, 0.717) is 61.8 Å². The third kappa shape index (κ3) is 24.2. The van der Waals surface area contributed by atoms with Crippen LogP contribution in [0.5, 0.6) is 46.0 Å². The molecule has 8 unspecified atom stereocenters. The summed E-state index contributed by atoms with van der Waals surface area (Å²) in [5.41, 5.74) is 5.18. The van der Waals surface area contributed by atoms with Gasteiger partial charge in [-0.1, -0.05) is 112 Å². The van der Waals surface area contributed by atoms with E-state index < -0.39 is 0 Å². The molecule has 0 saturated heterocycles. The smallest absolute Gasteiger partial charge is 0.197 e. The molecule has 5 aliphatic rings. The average molecular weight is 1240 g/mol. The summed E-state index contributed by atoms with van der Waals surface area (Å²) in [5.74, 6) is 11.6. The minimum atomic E-state index is -0.318. The van der Waals surface area contributed by atoms with Crippen molar-refractivity contribution in [2.24, 2.45) is 23.7 Å². The Morgan fingerprint density at radius 3 is 1.08 bits per heavy atom. The predicted molar refractivity (Wildman–Crippen MR) is 360 cm³/mol. The highest BCUT2D eigenvalue weighted by molar-refractivity contribution is 5.46. The van der Waals surface area contributed by atoms with Crippen LogP contribution < -0.4 is 37.9 Å². The lowest BCUT2D eigenvalue weighted by atomic mass is 9.54. The standard InChI is InChI=1S/C22H32O3.C21H34O3.C18H30O4.C15H24O3/c1-4-15(2)19-5-6-20(21(10-19)23-3)24-14-25-22-11-16-7-17(12-22)9-18(8-16)13-22;1-5-16(2)19-11-12-20(21(15-19)22-4)24-17(3)23-14-13-18-9-7-6-8-10-18;1-7-13(4)16-10-11-17(21-14(5)19-8-2)18(12-16)22-15(6)20-9-3;1-6-11(3)13-8-9-14(15(10-13)16-5)18-12(4)17-7-2/h5-6,10,15-18H,4,7-9,11-14H2,1-3H3;11-12,15-18H,5-10,13-14H2,1-4H3;10-15H,7-9H2,1-6H3;8-12H,6-7H2,1-5H3. The van der Waals surface area contributed by atoms with Gasteiger partial charge in [-0.15, -0.1) is 0 Å². The normalized spacial score (nSPS) is 21.1. The molecule has 0 heterocycles. The second kappa shape index (κ2) is 39.5. The molecule has 4 bridgehead atoms. The number of ether oxygens (including phenoxy) is 13. The first-order chi connectivity index (χ1) is 42.9. The Kier molecular flexibility index (Phi) is 33.2. The minimum absolute atomic E-state index is 0.0959. The fourth-order valence-electron chi connectivity index (χ4n) is 13.1. The molecule has 0 aromatic heterocycles. The molecule has 4 aromatic carbocycles. The second-order valence-electron chi connectivity index (χ2n) is 25.5. The zero-order chi connectivity index (χ0) is 64.9. The molecule has 5 saturated carbocycles. The van der Waals surface area contributed by atoms with Gasteiger partial charge in [-0.3, -0.25) is 0 Å². The zero-order valence-electron chi connectivity index (χ0n) is 58.5. The molecule has 5 aliphatic carbocycles. The highest BCUT2D eigenvalue weighted by atomic mass is 16.7. The highest BCUT2D eigenvalue weighted by Gasteiger charge is 2.52. The van der Waals surface area contributed by atoms with Gasteiger partial charge in [0.2, 0.25) is 0 Å². The van der Waals surface area contributed by atoms with Crippen molar-refractivity contribution in [1.82, 2.24) is 0 Å². The molecule has 4 aromatic rings. The SMILES string of the molecule is CCC(C)c1ccc(OC(C)OCCC2CCCCC2)c(OC)c1.CCC(C)c1ccc(OCOC23CC4CC(CC(C4)C2)C3)c(OC)c1.CCOC(C)Oc1ccc(C(C)CC)cc1OC.CCOC(C)Oc1ccc(C(C)CC)cc1OC(C)OCC. The quantitative estimate of drug-likeness (QED) is 0.0421. The fraction of sp³-hybridized carbons (Fsp3) is 0.684. The molecule has 0 spiro atoms. The first kappa shape index (κ1) is 74.8. The maximum atomic E-state index is 6.37. The Morgan fingerprint density at radius 2 is 0.719 bits per heavy atom. The van der Waals surface area contributed by atoms with Gasteiger partial charge in [0.1, 0.15) is 0 Å². The molecule has 0 aliphatic heterocycles. The van der Waals surface area contributed by atoms with Gasteiger partial charge in [0, 0.05) is 19.8 Å². The van der Waals surface area contributed by atoms with Gasteiger partial charge in [-0.2, -0.15) is 0 Å². The summed E-state index contributed by atoms with van der Waals surface area (Å²) in [6, 6.07) is 24.7. The Balaban J connectivity index is 0.000000218. The van der Waals surface area contributed by atoms with Gasteiger partial charge in [-0.25, -0.2) is 0 Å². The fourth-order valence-corrected chi connectivity index (χ4v) is 13.1. The van der Waals surface area contributed by atoms with Crippen LogP contribution in [0.2, 0.25) is 0 Å². The summed E-state index contributed by atoms with van der Waals surface area (Å²) >= 11 is 0. The van der Waals surface area contributed by atoms with E-state index in [2.05, 4.69) is 91.8 Å². The molecule has 9 rings (SSSR count). The van der Waals surface area contributed by atoms with E-state index in [4.69, 9.17) is 61.6 Å². The molecule has 13 heteroatoms. The van der Waals surface area contributed by atoms with Crippen LogP contribution in [-0.4, -0.2) is 85.3 Å². The van der Waals surface area contributed by atoms with E-state index in [1.54, 1.807) is 21.3 Å². The Bertz CT molecular complexity index is 2540. The van der Waals surface area contributed by atoms with E-state index >= 15 is 0 Å². The van der Waals surface area contributed by atoms with Crippen LogP contribution in [0.15, 0.2) is 72.8 Å². The molecular formula is C76H120O13. The summed E-state index contributed by atoms with van der Waals surface area (Å²) in [6.07, 6.45) is 19.4. The van der Waals surface area contributed by atoms with Crippen LogP contribution in [-0.2, 0) is 23.7 Å². The third-order valence-electron chi connectivity index (χ3n) is 18.8.